The summed E-state index contributed by atoms with van der Waals surface area (Å²) in [7, 11) is 0. The maximum Gasteiger partial charge on any atom is 0.0171 e. The first-order valence-corrected chi connectivity index (χ1v) is 3.67. The van der Waals surface area contributed by atoms with Crippen LogP contribution in [0.15, 0.2) is 35.4 Å². The van der Waals surface area contributed by atoms with E-state index in [1.165, 1.54) is 0 Å². The lowest BCUT2D eigenvalue weighted by Gasteiger charge is -1.91. The summed E-state index contributed by atoms with van der Waals surface area (Å²) < 4.78 is 0.995. The van der Waals surface area contributed by atoms with E-state index in [1.54, 1.807) is 6.08 Å². The quantitative estimate of drug-likeness (QED) is 0.594. The molecule has 0 saturated heterocycles. The van der Waals surface area contributed by atoms with Crippen LogP contribution in [0, 0.1) is 0 Å². The summed E-state index contributed by atoms with van der Waals surface area (Å²) in [6, 6.07) is 0. The van der Waals surface area contributed by atoms with E-state index in [2.05, 4.69) is 36.0 Å². The average molecular weight is 187 g/mol. The molecule has 0 aliphatic heterocycles. The van der Waals surface area contributed by atoms with Crippen LogP contribution in [0.3, 0.4) is 0 Å². The Bertz CT molecular complexity index is 143. The van der Waals surface area contributed by atoms with Crippen LogP contribution in [0.2, 0.25) is 0 Å². The number of hydrogen-bond acceptors (Lipinski definition) is 0. The van der Waals surface area contributed by atoms with E-state index < -0.39 is 0 Å². The van der Waals surface area contributed by atoms with Crippen LogP contribution in [0.4, 0.5) is 0 Å². The summed E-state index contributed by atoms with van der Waals surface area (Å²) in [4.78, 5) is 0. The van der Waals surface area contributed by atoms with E-state index in [0.29, 0.717) is 0 Å². The van der Waals surface area contributed by atoms with Gasteiger partial charge in [0.15, 0.2) is 0 Å². The highest BCUT2D eigenvalue weighted by atomic mass is 79.9. The van der Waals surface area contributed by atoms with Crippen LogP contribution in [0.25, 0.3) is 0 Å². The molecule has 0 radical (unpaired) electrons. The molecule has 50 valence electrons. The lowest BCUT2D eigenvalue weighted by atomic mass is 10.2. The molecule has 0 fully saturated rings. The molecule has 0 heterocycles. The third kappa shape index (κ3) is 4.22. The van der Waals surface area contributed by atoms with Crippen molar-refractivity contribution < 1.29 is 0 Å². The largest absolute Gasteiger partial charge is 0.0979 e. The molecule has 0 spiro atoms. The van der Waals surface area contributed by atoms with Crippen molar-refractivity contribution in [2.75, 3.05) is 0 Å². The number of allylic oxidation sites excluding steroid dienone is 4. The van der Waals surface area contributed by atoms with Gasteiger partial charge in [0, 0.05) is 4.48 Å². The van der Waals surface area contributed by atoms with E-state index in [1.807, 2.05) is 6.08 Å². The van der Waals surface area contributed by atoms with Gasteiger partial charge >= 0.3 is 0 Å². The van der Waals surface area contributed by atoms with E-state index in [9.17, 15) is 0 Å². The van der Waals surface area contributed by atoms with Crippen LogP contribution in [-0.4, -0.2) is 0 Å². The minimum absolute atomic E-state index is 0.989. The van der Waals surface area contributed by atoms with Crippen molar-refractivity contribution in [3.8, 4) is 0 Å². The van der Waals surface area contributed by atoms with Crippen molar-refractivity contribution in [3.63, 3.8) is 0 Å². The molecule has 0 saturated carbocycles. The van der Waals surface area contributed by atoms with Crippen LogP contribution in [0.5, 0.6) is 0 Å². The first-order chi connectivity index (χ1) is 4.20. The second-order valence-corrected chi connectivity index (χ2v) is 2.66. The van der Waals surface area contributed by atoms with Gasteiger partial charge < -0.3 is 0 Å². The van der Waals surface area contributed by atoms with E-state index in [-0.39, 0.29) is 0 Å². The molecule has 0 aromatic carbocycles. The molecule has 9 heavy (non-hydrogen) atoms. The Balaban J connectivity index is 3.94. The highest BCUT2D eigenvalue weighted by molar-refractivity contribution is 9.11. The molecule has 0 aliphatic carbocycles. The fraction of sp³-hybridized carbons (Fsp3) is 0.250. The predicted octanol–water partition coefficient (Wildman–Crippen LogP) is 3.42. The van der Waals surface area contributed by atoms with Gasteiger partial charge in [0.2, 0.25) is 0 Å². The first-order valence-electron chi connectivity index (χ1n) is 2.88. The van der Waals surface area contributed by atoms with Gasteiger partial charge in [0.25, 0.3) is 0 Å². The van der Waals surface area contributed by atoms with Crippen molar-refractivity contribution >= 4 is 15.9 Å². The van der Waals surface area contributed by atoms with Gasteiger partial charge in [-0.3, -0.25) is 0 Å². The molecule has 0 aromatic rings. The highest BCUT2D eigenvalue weighted by Gasteiger charge is 1.84. The standard InChI is InChI=1S/C8H11Br/c1-4-7(3)6-8(9)5-2/h5-6H,2-4H2,1H3. The molecule has 1 heteroatoms. The molecule has 0 aromatic heterocycles. The molecule has 0 bridgehead atoms. The summed E-state index contributed by atoms with van der Waals surface area (Å²) >= 11 is 3.30. The lowest BCUT2D eigenvalue weighted by Crippen LogP contribution is -1.69. The topological polar surface area (TPSA) is 0 Å². The van der Waals surface area contributed by atoms with Crippen LogP contribution in [0.1, 0.15) is 13.3 Å². The smallest absolute Gasteiger partial charge is 0.0171 e. The van der Waals surface area contributed by atoms with E-state index in [4.69, 9.17) is 0 Å². The lowest BCUT2D eigenvalue weighted by molar-refractivity contribution is 1.16. The zero-order chi connectivity index (χ0) is 7.28. The Kier molecular flexibility index (Phi) is 4.41. The zero-order valence-electron chi connectivity index (χ0n) is 5.65. The summed E-state index contributed by atoms with van der Waals surface area (Å²) in [5.74, 6) is 0. The predicted molar refractivity (Wildman–Crippen MR) is 46.6 cm³/mol. The Hall–Kier alpha value is -0.300. The normalized spacial score (nSPS) is 11.1. The Morgan fingerprint density at radius 2 is 2.22 bits per heavy atom. The van der Waals surface area contributed by atoms with Crippen LogP contribution in [-0.2, 0) is 0 Å². The minimum atomic E-state index is 0.989. The molecule has 0 amide bonds. The molecule has 0 atom stereocenters. The van der Waals surface area contributed by atoms with Gasteiger partial charge in [-0.25, -0.2) is 0 Å². The molecule has 0 rings (SSSR count). The highest BCUT2D eigenvalue weighted by Crippen LogP contribution is 2.10. The van der Waals surface area contributed by atoms with Gasteiger partial charge in [-0.05, 0) is 12.5 Å². The van der Waals surface area contributed by atoms with E-state index >= 15 is 0 Å². The van der Waals surface area contributed by atoms with Gasteiger partial charge in [0.05, 0.1) is 0 Å². The second kappa shape index (κ2) is 4.57. The van der Waals surface area contributed by atoms with Crippen molar-refractivity contribution in [2.45, 2.75) is 13.3 Å². The molecule has 0 N–H and O–H groups in total. The maximum absolute atomic E-state index is 3.81. The molecule has 0 aliphatic rings. The SMILES string of the molecule is C=CC(Br)=CC(=C)CC. The number of halogens is 1. The summed E-state index contributed by atoms with van der Waals surface area (Å²) in [5, 5.41) is 0. The third-order valence-electron chi connectivity index (χ3n) is 0.991. The average Bonchev–Trinajstić information content (AvgIpc) is 1.87. The third-order valence-corrected chi connectivity index (χ3v) is 1.54. The summed E-state index contributed by atoms with van der Waals surface area (Å²) in [6.45, 7) is 9.47. The first kappa shape index (κ1) is 8.70. The zero-order valence-corrected chi connectivity index (χ0v) is 7.24. The maximum atomic E-state index is 3.81. The van der Waals surface area contributed by atoms with Crippen LogP contribution >= 0.6 is 15.9 Å². The summed E-state index contributed by atoms with van der Waals surface area (Å²) in [6.07, 6.45) is 4.71. The molecule has 0 nitrogen and oxygen atoms in total. The molecule has 0 unspecified atom stereocenters. The molecular weight excluding hydrogens is 176 g/mol. The Morgan fingerprint density at radius 1 is 1.67 bits per heavy atom. The fourth-order valence-corrected chi connectivity index (χ4v) is 0.680. The molecular formula is C8H11Br. The van der Waals surface area contributed by atoms with Gasteiger partial charge in [-0.2, -0.15) is 0 Å². The van der Waals surface area contributed by atoms with Crippen molar-refractivity contribution in [1.29, 1.82) is 0 Å². The second-order valence-electron chi connectivity index (χ2n) is 1.75. The fourth-order valence-electron chi connectivity index (χ4n) is 0.356. The van der Waals surface area contributed by atoms with Crippen LogP contribution < -0.4 is 0 Å². The minimum Gasteiger partial charge on any atom is -0.0979 e. The summed E-state index contributed by atoms with van der Waals surface area (Å²) in [5.41, 5.74) is 1.11. The number of hydrogen-bond donors (Lipinski definition) is 0. The van der Waals surface area contributed by atoms with Crippen molar-refractivity contribution in [1.82, 2.24) is 0 Å². The Morgan fingerprint density at radius 3 is 2.56 bits per heavy atom. The van der Waals surface area contributed by atoms with E-state index in [0.717, 1.165) is 16.5 Å². The number of rotatable bonds is 3. The monoisotopic (exact) mass is 186 g/mol. The van der Waals surface area contributed by atoms with Gasteiger partial charge in [-0.1, -0.05) is 47.7 Å². The van der Waals surface area contributed by atoms with Crippen molar-refractivity contribution in [2.24, 2.45) is 0 Å². The Labute approximate surface area is 65.1 Å². The van der Waals surface area contributed by atoms with Gasteiger partial charge in [0.1, 0.15) is 0 Å². The van der Waals surface area contributed by atoms with Crippen molar-refractivity contribution in [3.05, 3.63) is 35.4 Å². The van der Waals surface area contributed by atoms with Gasteiger partial charge in [-0.15, -0.1) is 0 Å².